The van der Waals surface area contributed by atoms with Crippen LogP contribution in [0.4, 0.5) is 13.2 Å². The zero-order valence-electron chi connectivity index (χ0n) is 9.56. The maximum Gasteiger partial charge on any atom is 0.419 e. The SMILES string of the molecule is C=C(Cl)COc1ccc(CCN)cc1C(F)(F)F. The first-order valence-corrected chi connectivity index (χ1v) is 5.58. The Morgan fingerprint density at radius 2 is 2.06 bits per heavy atom. The monoisotopic (exact) mass is 279 g/mol. The molecular weight excluding hydrogens is 267 g/mol. The first-order valence-electron chi connectivity index (χ1n) is 5.21. The number of hydrogen-bond donors (Lipinski definition) is 1. The van der Waals surface area contributed by atoms with Gasteiger partial charge in [-0.1, -0.05) is 24.2 Å². The van der Waals surface area contributed by atoms with E-state index in [-0.39, 0.29) is 23.9 Å². The molecule has 0 aliphatic carbocycles. The summed E-state index contributed by atoms with van der Waals surface area (Å²) in [5.74, 6) is -0.259. The molecule has 0 aromatic heterocycles. The van der Waals surface area contributed by atoms with Gasteiger partial charge >= 0.3 is 6.18 Å². The van der Waals surface area contributed by atoms with Crippen molar-refractivity contribution in [2.75, 3.05) is 13.2 Å². The van der Waals surface area contributed by atoms with Gasteiger partial charge in [0, 0.05) is 5.03 Å². The van der Waals surface area contributed by atoms with Crippen molar-refractivity contribution in [2.24, 2.45) is 5.73 Å². The van der Waals surface area contributed by atoms with Crippen LogP contribution >= 0.6 is 11.6 Å². The third kappa shape index (κ3) is 4.23. The summed E-state index contributed by atoms with van der Waals surface area (Å²) in [4.78, 5) is 0. The summed E-state index contributed by atoms with van der Waals surface area (Å²) in [6.07, 6.45) is -4.10. The predicted molar refractivity (Wildman–Crippen MR) is 64.7 cm³/mol. The maximum absolute atomic E-state index is 12.8. The first-order chi connectivity index (χ1) is 8.34. The molecule has 0 atom stereocenters. The number of nitrogens with two attached hydrogens (primary N) is 1. The summed E-state index contributed by atoms with van der Waals surface area (Å²) in [7, 11) is 0. The van der Waals surface area contributed by atoms with Crippen LogP contribution in [0.2, 0.25) is 0 Å². The van der Waals surface area contributed by atoms with E-state index < -0.39 is 11.7 Å². The zero-order chi connectivity index (χ0) is 13.8. The number of halogens is 4. The van der Waals surface area contributed by atoms with Gasteiger partial charge in [-0.25, -0.2) is 0 Å². The van der Waals surface area contributed by atoms with Crippen molar-refractivity contribution >= 4 is 11.6 Å². The van der Waals surface area contributed by atoms with Gasteiger partial charge in [0.2, 0.25) is 0 Å². The van der Waals surface area contributed by atoms with E-state index in [9.17, 15) is 13.2 Å². The van der Waals surface area contributed by atoms with Gasteiger partial charge in [0.05, 0.1) is 5.56 Å². The van der Waals surface area contributed by atoms with Crippen LogP contribution < -0.4 is 10.5 Å². The van der Waals surface area contributed by atoms with E-state index in [1.54, 1.807) is 6.07 Å². The van der Waals surface area contributed by atoms with Crippen molar-refractivity contribution in [1.82, 2.24) is 0 Å². The molecule has 0 amide bonds. The average Bonchev–Trinajstić information content (AvgIpc) is 2.26. The van der Waals surface area contributed by atoms with Crippen LogP contribution in [0.1, 0.15) is 11.1 Å². The largest absolute Gasteiger partial charge is 0.487 e. The number of rotatable bonds is 5. The van der Waals surface area contributed by atoms with Crippen LogP contribution in [0.3, 0.4) is 0 Å². The third-order valence-corrected chi connectivity index (χ3v) is 2.28. The number of benzene rings is 1. The molecule has 1 aromatic rings. The van der Waals surface area contributed by atoms with Crippen LogP contribution in [0, 0.1) is 0 Å². The normalized spacial score (nSPS) is 11.4. The van der Waals surface area contributed by atoms with E-state index in [1.165, 1.54) is 6.07 Å². The zero-order valence-corrected chi connectivity index (χ0v) is 10.3. The Bertz CT molecular complexity index is 432. The van der Waals surface area contributed by atoms with Gasteiger partial charge in [-0.15, -0.1) is 0 Å². The minimum atomic E-state index is -4.48. The third-order valence-electron chi connectivity index (χ3n) is 2.17. The molecule has 18 heavy (non-hydrogen) atoms. The Morgan fingerprint density at radius 3 is 2.56 bits per heavy atom. The Hall–Kier alpha value is -1.20. The van der Waals surface area contributed by atoms with Crippen LogP contribution in [0.15, 0.2) is 29.8 Å². The fraction of sp³-hybridized carbons (Fsp3) is 0.333. The van der Waals surface area contributed by atoms with E-state index in [0.717, 1.165) is 6.07 Å². The van der Waals surface area contributed by atoms with Crippen LogP contribution in [0.25, 0.3) is 0 Å². The molecule has 2 nitrogen and oxygen atoms in total. The van der Waals surface area contributed by atoms with E-state index in [1.807, 2.05) is 0 Å². The van der Waals surface area contributed by atoms with Crippen molar-refractivity contribution in [3.63, 3.8) is 0 Å². The Kier molecular flexibility index (Phi) is 5.04. The molecular formula is C12H13ClF3NO. The molecule has 100 valence electrons. The lowest BCUT2D eigenvalue weighted by atomic mass is 10.1. The molecule has 0 bridgehead atoms. The topological polar surface area (TPSA) is 35.2 Å². The highest BCUT2D eigenvalue weighted by atomic mass is 35.5. The number of alkyl halides is 3. The molecule has 0 saturated heterocycles. The second-order valence-electron chi connectivity index (χ2n) is 3.67. The smallest absolute Gasteiger partial charge is 0.419 e. The van der Waals surface area contributed by atoms with E-state index in [0.29, 0.717) is 12.0 Å². The molecule has 2 N–H and O–H groups in total. The van der Waals surface area contributed by atoms with Gasteiger partial charge < -0.3 is 10.5 Å². The van der Waals surface area contributed by atoms with Gasteiger partial charge in [0.15, 0.2) is 0 Å². The molecule has 0 spiro atoms. The summed E-state index contributed by atoms with van der Waals surface area (Å²) in [6, 6.07) is 3.86. The summed E-state index contributed by atoms with van der Waals surface area (Å²) in [5, 5.41) is 0.133. The molecule has 0 aliphatic heterocycles. The summed E-state index contributed by atoms with van der Waals surface area (Å²) in [5.41, 5.74) is 5.00. The molecule has 0 radical (unpaired) electrons. The van der Waals surface area contributed by atoms with Crippen molar-refractivity contribution in [3.05, 3.63) is 40.9 Å². The summed E-state index contributed by atoms with van der Waals surface area (Å²) >= 11 is 5.46. The van der Waals surface area contributed by atoms with Crippen molar-refractivity contribution < 1.29 is 17.9 Å². The summed E-state index contributed by atoms with van der Waals surface area (Å²) in [6.45, 7) is 3.47. The van der Waals surface area contributed by atoms with Crippen LogP contribution in [0.5, 0.6) is 5.75 Å². The Morgan fingerprint density at radius 1 is 1.39 bits per heavy atom. The van der Waals surface area contributed by atoms with Crippen molar-refractivity contribution in [3.8, 4) is 5.75 Å². The van der Waals surface area contributed by atoms with Gasteiger partial charge in [-0.05, 0) is 30.7 Å². The molecule has 0 heterocycles. The molecule has 6 heteroatoms. The molecule has 0 saturated carbocycles. The summed E-state index contributed by atoms with van der Waals surface area (Å²) < 4.78 is 43.5. The second kappa shape index (κ2) is 6.11. The van der Waals surface area contributed by atoms with Gasteiger partial charge in [-0.3, -0.25) is 0 Å². The molecule has 1 rings (SSSR count). The lowest BCUT2D eigenvalue weighted by Gasteiger charge is -2.15. The number of ether oxygens (including phenoxy) is 1. The highest BCUT2D eigenvalue weighted by Crippen LogP contribution is 2.37. The quantitative estimate of drug-likeness (QED) is 0.897. The van der Waals surface area contributed by atoms with Gasteiger partial charge in [-0.2, -0.15) is 13.2 Å². The Balaban J connectivity index is 3.05. The number of hydrogen-bond acceptors (Lipinski definition) is 2. The lowest BCUT2D eigenvalue weighted by molar-refractivity contribution is -0.138. The van der Waals surface area contributed by atoms with Crippen LogP contribution in [-0.4, -0.2) is 13.2 Å². The lowest BCUT2D eigenvalue weighted by Crippen LogP contribution is -2.11. The van der Waals surface area contributed by atoms with E-state index in [4.69, 9.17) is 22.1 Å². The predicted octanol–water partition coefficient (Wildman–Crippen LogP) is 3.34. The van der Waals surface area contributed by atoms with E-state index in [2.05, 4.69) is 6.58 Å². The second-order valence-corrected chi connectivity index (χ2v) is 4.21. The van der Waals surface area contributed by atoms with Crippen molar-refractivity contribution in [2.45, 2.75) is 12.6 Å². The molecule has 1 aromatic carbocycles. The van der Waals surface area contributed by atoms with Gasteiger partial charge in [0.25, 0.3) is 0 Å². The fourth-order valence-electron chi connectivity index (χ4n) is 1.40. The average molecular weight is 280 g/mol. The molecule has 0 unspecified atom stereocenters. The molecule has 0 aliphatic rings. The minimum Gasteiger partial charge on any atom is -0.487 e. The standard InChI is InChI=1S/C12H13ClF3NO/c1-8(13)7-18-11-3-2-9(4-5-17)6-10(11)12(14,15)16/h2-3,6H,1,4-5,7,17H2. The van der Waals surface area contributed by atoms with Gasteiger partial charge in [0.1, 0.15) is 12.4 Å². The van der Waals surface area contributed by atoms with Crippen molar-refractivity contribution in [1.29, 1.82) is 0 Å². The minimum absolute atomic E-state index is 0.133. The first kappa shape index (κ1) is 14.9. The Labute approximate surface area is 108 Å². The van der Waals surface area contributed by atoms with E-state index >= 15 is 0 Å². The molecule has 0 fully saturated rings. The highest BCUT2D eigenvalue weighted by molar-refractivity contribution is 6.29. The highest BCUT2D eigenvalue weighted by Gasteiger charge is 2.34. The maximum atomic E-state index is 12.8. The van der Waals surface area contributed by atoms with Crippen LogP contribution in [-0.2, 0) is 12.6 Å². The fourth-order valence-corrected chi connectivity index (χ4v) is 1.46.